The van der Waals surface area contributed by atoms with E-state index in [9.17, 15) is 24.3 Å². The monoisotopic (exact) mass is 395 g/mol. The van der Waals surface area contributed by atoms with Crippen LogP contribution in [0.2, 0.25) is 0 Å². The molecular formula is C17H21N3O8. The number of nitrogens with zero attached hydrogens (tertiary/aromatic N) is 1. The number of nitrogens with one attached hydrogen (secondary N) is 2. The average molecular weight is 395 g/mol. The Bertz CT molecular complexity index is 910. The average Bonchev–Trinajstić information content (AvgIpc) is 3.29. The predicted molar refractivity (Wildman–Crippen MR) is 93.2 cm³/mol. The normalized spacial score (nSPS) is 21.5. The molecule has 3 N–H and O–H groups in total. The van der Waals surface area contributed by atoms with E-state index in [0.29, 0.717) is 6.61 Å². The van der Waals surface area contributed by atoms with Gasteiger partial charge in [0, 0.05) is 26.3 Å². The molecule has 0 spiro atoms. The molecule has 11 nitrogen and oxygen atoms in total. The second kappa shape index (κ2) is 8.40. The minimum Gasteiger partial charge on any atom is -0.468 e. The highest BCUT2D eigenvalue weighted by Gasteiger charge is 2.31. The minimum atomic E-state index is -0.981. The molecule has 2 aliphatic rings. The Hall–Kier alpha value is -2.92. The highest BCUT2D eigenvalue weighted by molar-refractivity contribution is 5.93. The van der Waals surface area contributed by atoms with Crippen LogP contribution in [0.5, 0.6) is 0 Å². The molecule has 2 atom stereocenters. The van der Waals surface area contributed by atoms with E-state index >= 15 is 0 Å². The van der Waals surface area contributed by atoms with Gasteiger partial charge in [0.05, 0.1) is 12.5 Å². The number of aliphatic hydroxyl groups is 1. The van der Waals surface area contributed by atoms with Gasteiger partial charge in [0.2, 0.25) is 0 Å². The van der Waals surface area contributed by atoms with Crippen LogP contribution in [0.15, 0.2) is 27.3 Å². The van der Waals surface area contributed by atoms with Gasteiger partial charge in [-0.15, -0.1) is 0 Å². The van der Waals surface area contributed by atoms with Crippen molar-refractivity contribution in [3.05, 3.63) is 44.1 Å². The molecule has 0 radical (unpaired) electrons. The van der Waals surface area contributed by atoms with E-state index in [1.165, 1.54) is 6.92 Å². The van der Waals surface area contributed by atoms with E-state index < -0.39 is 36.0 Å². The summed E-state index contributed by atoms with van der Waals surface area (Å²) in [6.45, 7) is 1.55. The zero-order chi connectivity index (χ0) is 20.3. The first kappa shape index (κ1) is 19.8. The van der Waals surface area contributed by atoms with Crippen molar-refractivity contribution in [3.8, 4) is 0 Å². The molecular weight excluding hydrogens is 374 g/mol. The third kappa shape index (κ3) is 4.31. The summed E-state index contributed by atoms with van der Waals surface area (Å²) in [7, 11) is 0. The van der Waals surface area contributed by atoms with Crippen LogP contribution in [0.25, 0.3) is 0 Å². The van der Waals surface area contributed by atoms with Gasteiger partial charge >= 0.3 is 11.7 Å². The Balaban J connectivity index is 1.78. The quantitative estimate of drug-likeness (QED) is 0.526. The number of hydrogen-bond acceptors (Lipinski definition) is 8. The number of carbonyl (C=O) groups excluding carboxylic acids is 2. The number of carbonyl (C=O) groups is 2. The molecule has 1 saturated heterocycles. The van der Waals surface area contributed by atoms with Gasteiger partial charge in [-0.05, 0) is 12.8 Å². The third-order valence-electron chi connectivity index (χ3n) is 4.40. The SMILES string of the molecule is CC(=O)OC1=C(CO)O[C@@H](n2cc(C(=O)NC[C@@H]3CCCO3)c(=O)[nH]c2=O)C1. The van der Waals surface area contributed by atoms with Gasteiger partial charge in [-0.1, -0.05) is 0 Å². The van der Waals surface area contributed by atoms with Crippen LogP contribution in [0.1, 0.15) is 42.8 Å². The molecule has 2 aliphatic heterocycles. The Kier molecular flexibility index (Phi) is 5.95. The van der Waals surface area contributed by atoms with Crippen molar-refractivity contribution in [2.24, 2.45) is 0 Å². The molecule has 1 fully saturated rings. The molecule has 11 heteroatoms. The standard InChI is InChI=1S/C17H21N3O8/c1-9(22)27-12-5-14(28-13(12)8-21)20-7-11(16(24)19-17(20)25)15(23)18-6-10-3-2-4-26-10/h7,10,14,21H,2-6,8H2,1H3,(H,18,23)(H,19,24,25)/t10-,14+/m0/s1. The number of esters is 1. The van der Waals surface area contributed by atoms with Crippen LogP contribution < -0.4 is 16.6 Å². The predicted octanol–water partition coefficient (Wildman–Crippen LogP) is -0.869. The van der Waals surface area contributed by atoms with Gasteiger partial charge in [-0.25, -0.2) is 4.79 Å². The zero-order valence-electron chi connectivity index (χ0n) is 15.2. The van der Waals surface area contributed by atoms with Crippen LogP contribution in [0.4, 0.5) is 0 Å². The highest BCUT2D eigenvalue weighted by atomic mass is 16.6. The van der Waals surface area contributed by atoms with Crippen LogP contribution in [0.3, 0.4) is 0 Å². The van der Waals surface area contributed by atoms with Crippen LogP contribution in [0, 0.1) is 0 Å². The smallest absolute Gasteiger partial charge is 0.331 e. The summed E-state index contributed by atoms with van der Waals surface area (Å²) in [6, 6.07) is 0. The molecule has 1 aromatic rings. The van der Waals surface area contributed by atoms with Gasteiger partial charge in [0.1, 0.15) is 12.2 Å². The lowest BCUT2D eigenvalue weighted by Gasteiger charge is -2.16. The van der Waals surface area contributed by atoms with Gasteiger partial charge in [0.25, 0.3) is 11.5 Å². The number of ether oxygens (including phenoxy) is 3. The first-order chi connectivity index (χ1) is 13.4. The van der Waals surface area contributed by atoms with E-state index in [-0.39, 0.29) is 36.2 Å². The first-order valence-electron chi connectivity index (χ1n) is 8.82. The van der Waals surface area contributed by atoms with E-state index in [4.69, 9.17) is 14.2 Å². The molecule has 1 amide bonds. The van der Waals surface area contributed by atoms with Crippen LogP contribution in [-0.2, 0) is 19.0 Å². The van der Waals surface area contributed by atoms with Gasteiger partial charge < -0.3 is 24.6 Å². The molecule has 0 unspecified atom stereocenters. The number of aromatic nitrogens is 2. The summed E-state index contributed by atoms with van der Waals surface area (Å²) in [5, 5.41) is 12.0. The zero-order valence-corrected chi connectivity index (χ0v) is 15.2. The van der Waals surface area contributed by atoms with Crippen molar-refractivity contribution in [1.29, 1.82) is 0 Å². The van der Waals surface area contributed by atoms with Crippen molar-refractivity contribution in [2.75, 3.05) is 19.8 Å². The fourth-order valence-electron chi connectivity index (χ4n) is 3.06. The molecule has 0 aromatic carbocycles. The van der Waals surface area contributed by atoms with Gasteiger partial charge in [0.15, 0.2) is 17.7 Å². The molecule has 0 aliphatic carbocycles. The minimum absolute atomic E-state index is 0.00248. The summed E-state index contributed by atoms with van der Waals surface area (Å²) in [6.07, 6.45) is 1.71. The molecule has 3 rings (SSSR count). The van der Waals surface area contributed by atoms with E-state index in [1.807, 2.05) is 0 Å². The number of aromatic amines is 1. The van der Waals surface area contributed by atoms with Crippen molar-refractivity contribution in [2.45, 2.75) is 38.5 Å². The number of rotatable bonds is 6. The Morgan fingerprint density at radius 1 is 1.43 bits per heavy atom. The van der Waals surface area contributed by atoms with Crippen molar-refractivity contribution < 1.29 is 28.9 Å². The summed E-state index contributed by atoms with van der Waals surface area (Å²) in [4.78, 5) is 49.8. The van der Waals surface area contributed by atoms with Gasteiger partial charge in [-0.3, -0.25) is 23.9 Å². The fraction of sp³-hybridized carbons (Fsp3) is 0.529. The maximum absolute atomic E-state index is 12.4. The van der Waals surface area contributed by atoms with Crippen molar-refractivity contribution >= 4 is 11.9 Å². The topological polar surface area (TPSA) is 149 Å². The fourth-order valence-corrected chi connectivity index (χ4v) is 3.06. The first-order valence-corrected chi connectivity index (χ1v) is 8.82. The van der Waals surface area contributed by atoms with Crippen LogP contribution in [-0.4, -0.2) is 52.4 Å². The van der Waals surface area contributed by atoms with Crippen LogP contribution >= 0.6 is 0 Å². The largest absolute Gasteiger partial charge is 0.468 e. The van der Waals surface area contributed by atoms with E-state index in [0.717, 1.165) is 23.6 Å². The Labute approximate surface area is 158 Å². The van der Waals surface area contributed by atoms with E-state index in [2.05, 4.69) is 10.3 Å². The Morgan fingerprint density at radius 3 is 2.86 bits per heavy atom. The number of amides is 1. The van der Waals surface area contributed by atoms with Crippen molar-refractivity contribution in [1.82, 2.24) is 14.9 Å². The van der Waals surface area contributed by atoms with E-state index in [1.54, 1.807) is 0 Å². The van der Waals surface area contributed by atoms with Crippen molar-refractivity contribution in [3.63, 3.8) is 0 Å². The molecule has 0 saturated carbocycles. The third-order valence-corrected chi connectivity index (χ3v) is 4.40. The lowest BCUT2D eigenvalue weighted by Crippen LogP contribution is -2.40. The molecule has 0 bridgehead atoms. The summed E-state index contributed by atoms with van der Waals surface area (Å²) in [5.74, 6) is -1.17. The maximum atomic E-state index is 12.4. The highest BCUT2D eigenvalue weighted by Crippen LogP contribution is 2.31. The summed E-state index contributed by atoms with van der Waals surface area (Å²) >= 11 is 0. The molecule has 28 heavy (non-hydrogen) atoms. The number of aliphatic hydroxyl groups excluding tert-OH is 1. The molecule has 3 heterocycles. The molecule has 152 valence electrons. The lowest BCUT2D eigenvalue weighted by atomic mass is 10.2. The Morgan fingerprint density at radius 2 is 2.21 bits per heavy atom. The molecule has 1 aromatic heterocycles. The second-order valence-electron chi connectivity index (χ2n) is 6.43. The lowest BCUT2D eigenvalue weighted by molar-refractivity contribution is -0.137. The maximum Gasteiger partial charge on any atom is 0.331 e. The number of H-pyrrole nitrogens is 1. The summed E-state index contributed by atoms with van der Waals surface area (Å²) in [5.41, 5.74) is -1.90. The summed E-state index contributed by atoms with van der Waals surface area (Å²) < 4.78 is 16.9. The number of hydrogen-bond donors (Lipinski definition) is 3. The second-order valence-corrected chi connectivity index (χ2v) is 6.43. The van der Waals surface area contributed by atoms with Gasteiger partial charge in [-0.2, -0.15) is 0 Å².